The van der Waals surface area contributed by atoms with Crippen LogP contribution in [0.2, 0.25) is 0 Å². The zero-order valence-corrected chi connectivity index (χ0v) is 18.2. The number of anilines is 1. The molecular formula is C21H29N5O2S. The Balaban J connectivity index is 1.53. The molecule has 29 heavy (non-hydrogen) atoms. The smallest absolute Gasteiger partial charge is 0.233 e. The number of para-hydroxylation sites is 1. The molecule has 0 atom stereocenters. The van der Waals surface area contributed by atoms with Crippen LogP contribution < -0.4 is 5.32 Å². The fourth-order valence-corrected chi connectivity index (χ4v) is 4.22. The number of amides is 2. The number of aromatic nitrogens is 3. The van der Waals surface area contributed by atoms with Crippen LogP contribution in [0.3, 0.4) is 0 Å². The molecule has 0 radical (unpaired) electrons. The molecule has 0 aliphatic carbocycles. The molecule has 1 aromatic heterocycles. The Kier molecular flexibility index (Phi) is 7.30. The van der Waals surface area contributed by atoms with Gasteiger partial charge in [0, 0.05) is 25.8 Å². The predicted molar refractivity (Wildman–Crippen MR) is 115 cm³/mol. The molecule has 0 bridgehead atoms. The predicted octanol–water partition coefficient (Wildman–Crippen LogP) is 2.91. The minimum Gasteiger partial charge on any atom is -0.342 e. The Hall–Kier alpha value is -2.35. The molecule has 0 spiro atoms. The lowest BCUT2D eigenvalue weighted by atomic mass is 9.99. The number of carbonyl (C=O) groups is 2. The van der Waals surface area contributed by atoms with Crippen molar-refractivity contribution < 1.29 is 9.59 Å². The minimum atomic E-state index is -0.128. The van der Waals surface area contributed by atoms with E-state index in [1.54, 1.807) is 4.57 Å². The summed E-state index contributed by atoms with van der Waals surface area (Å²) in [5, 5.41) is 11.9. The first-order chi connectivity index (χ1) is 14.0. The van der Waals surface area contributed by atoms with E-state index in [2.05, 4.69) is 29.4 Å². The zero-order chi connectivity index (χ0) is 20.8. The van der Waals surface area contributed by atoms with Crippen molar-refractivity contribution in [1.29, 1.82) is 0 Å². The standard InChI is InChI=1S/C21H29N5O2S/c1-4-16-7-5-6-8-17(16)22-19(27)13-18-23-24-21(25(18)3)29-14-20(28)26-11-9-15(2)10-12-26/h5-8,15H,4,9-14H2,1-3H3,(H,22,27). The highest BCUT2D eigenvalue weighted by molar-refractivity contribution is 7.99. The molecule has 3 rings (SSSR count). The van der Waals surface area contributed by atoms with Crippen molar-refractivity contribution in [3.05, 3.63) is 35.7 Å². The summed E-state index contributed by atoms with van der Waals surface area (Å²) in [6, 6.07) is 7.78. The first kappa shape index (κ1) is 21.4. The SMILES string of the molecule is CCc1ccccc1NC(=O)Cc1nnc(SCC(=O)N2CCC(C)CC2)n1C. The number of benzene rings is 1. The minimum absolute atomic E-state index is 0.128. The summed E-state index contributed by atoms with van der Waals surface area (Å²) in [4.78, 5) is 26.8. The van der Waals surface area contributed by atoms with Gasteiger partial charge in [-0.1, -0.05) is 43.8 Å². The van der Waals surface area contributed by atoms with E-state index in [9.17, 15) is 9.59 Å². The van der Waals surface area contributed by atoms with Crippen LogP contribution in [-0.4, -0.2) is 50.3 Å². The van der Waals surface area contributed by atoms with Crippen LogP contribution in [-0.2, 0) is 29.5 Å². The fourth-order valence-electron chi connectivity index (χ4n) is 3.39. The van der Waals surface area contributed by atoms with Crippen molar-refractivity contribution in [1.82, 2.24) is 19.7 Å². The van der Waals surface area contributed by atoms with Crippen molar-refractivity contribution in [2.45, 2.75) is 44.7 Å². The monoisotopic (exact) mass is 415 g/mol. The average molecular weight is 416 g/mol. The molecule has 2 heterocycles. The zero-order valence-electron chi connectivity index (χ0n) is 17.4. The molecule has 1 aliphatic rings. The summed E-state index contributed by atoms with van der Waals surface area (Å²) in [7, 11) is 1.83. The molecular weight excluding hydrogens is 386 g/mol. The van der Waals surface area contributed by atoms with Crippen LogP contribution in [0.5, 0.6) is 0 Å². The largest absolute Gasteiger partial charge is 0.342 e. The van der Waals surface area contributed by atoms with Crippen LogP contribution in [0.15, 0.2) is 29.4 Å². The van der Waals surface area contributed by atoms with E-state index in [-0.39, 0.29) is 18.2 Å². The number of hydrogen-bond donors (Lipinski definition) is 1. The molecule has 2 aromatic rings. The number of nitrogens with one attached hydrogen (secondary N) is 1. The van der Waals surface area contributed by atoms with Gasteiger partial charge in [-0.15, -0.1) is 10.2 Å². The molecule has 2 amide bonds. The maximum Gasteiger partial charge on any atom is 0.233 e. The molecule has 1 aliphatic heterocycles. The van der Waals surface area contributed by atoms with E-state index in [4.69, 9.17) is 0 Å². The van der Waals surface area contributed by atoms with E-state index < -0.39 is 0 Å². The van der Waals surface area contributed by atoms with Gasteiger partial charge < -0.3 is 14.8 Å². The summed E-state index contributed by atoms with van der Waals surface area (Å²) >= 11 is 1.37. The van der Waals surface area contributed by atoms with Crippen molar-refractivity contribution in [3.8, 4) is 0 Å². The molecule has 0 saturated carbocycles. The fraction of sp³-hybridized carbons (Fsp3) is 0.524. The van der Waals surface area contributed by atoms with Gasteiger partial charge in [0.25, 0.3) is 0 Å². The van der Waals surface area contributed by atoms with E-state index in [0.717, 1.165) is 43.6 Å². The van der Waals surface area contributed by atoms with Crippen molar-refractivity contribution in [2.75, 3.05) is 24.2 Å². The summed E-state index contributed by atoms with van der Waals surface area (Å²) < 4.78 is 1.79. The molecule has 1 N–H and O–H groups in total. The van der Waals surface area contributed by atoms with Crippen molar-refractivity contribution in [3.63, 3.8) is 0 Å². The van der Waals surface area contributed by atoms with Crippen LogP contribution in [0.4, 0.5) is 5.69 Å². The highest BCUT2D eigenvalue weighted by Gasteiger charge is 2.21. The molecule has 1 aromatic carbocycles. The normalized spacial score (nSPS) is 14.8. The van der Waals surface area contributed by atoms with E-state index in [0.29, 0.717) is 22.7 Å². The highest BCUT2D eigenvalue weighted by Crippen LogP contribution is 2.21. The van der Waals surface area contributed by atoms with Gasteiger partial charge in [-0.3, -0.25) is 9.59 Å². The van der Waals surface area contributed by atoms with Gasteiger partial charge in [-0.2, -0.15) is 0 Å². The van der Waals surface area contributed by atoms with Crippen LogP contribution in [0.25, 0.3) is 0 Å². The number of carbonyl (C=O) groups excluding carboxylic acids is 2. The Labute approximate surface area is 176 Å². The topological polar surface area (TPSA) is 80.1 Å². The number of likely N-dealkylation sites (tertiary alicyclic amines) is 1. The lowest BCUT2D eigenvalue weighted by Crippen LogP contribution is -2.38. The number of nitrogens with zero attached hydrogens (tertiary/aromatic N) is 4. The van der Waals surface area contributed by atoms with Gasteiger partial charge in [0.15, 0.2) is 5.16 Å². The molecule has 1 fully saturated rings. The van der Waals surface area contributed by atoms with Gasteiger partial charge in [-0.05, 0) is 36.8 Å². The van der Waals surface area contributed by atoms with Gasteiger partial charge in [0.1, 0.15) is 5.82 Å². The van der Waals surface area contributed by atoms with Crippen LogP contribution in [0.1, 0.15) is 38.1 Å². The maximum absolute atomic E-state index is 12.5. The second kappa shape index (κ2) is 9.91. The van der Waals surface area contributed by atoms with Crippen molar-refractivity contribution in [2.24, 2.45) is 13.0 Å². The van der Waals surface area contributed by atoms with Gasteiger partial charge in [-0.25, -0.2) is 0 Å². The Bertz CT molecular complexity index is 859. The molecule has 0 unspecified atom stereocenters. The quantitative estimate of drug-likeness (QED) is 0.704. The third-order valence-corrected chi connectivity index (χ3v) is 6.38. The number of aryl methyl sites for hydroxylation is 1. The number of rotatable bonds is 7. The number of hydrogen-bond acceptors (Lipinski definition) is 5. The molecule has 7 nitrogen and oxygen atoms in total. The number of piperidine rings is 1. The van der Waals surface area contributed by atoms with E-state index in [1.807, 2.05) is 36.2 Å². The summed E-state index contributed by atoms with van der Waals surface area (Å²) in [6.45, 7) is 5.96. The first-order valence-corrected chi connectivity index (χ1v) is 11.1. The first-order valence-electron chi connectivity index (χ1n) is 10.1. The lowest BCUT2D eigenvalue weighted by Gasteiger charge is -2.30. The Morgan fingerprint density at radius 1 is 1.21 bits per heavy atom. The van der Waals surface area contributed by atoms with E-state index >= 15 is 0 Å². The second-order valence-corrected chi connectivity index (χ2v) is 8.49. The van der Waals surface area contributed by atoms with Gasteiger partial charge >= 0.3 is 0 Å². The third kappa shape index (κ3) is 5.59. The van der Waals surface area contributed by atoms with E-state index in [1.165, 1.54) is 11.8 Å². The highest BCUT2D eigenvalue weighted by atomic mass is 32.2. The number of thioether (sulfide) groups is 1. The Morgan fingerprint density at radius 2 is 1.93 bits per heavy atom. The second-order valence-electron chi connectivity index (χ2n) is 7.55. The molecule has 1 saturated heterocycles. The maximum atomic E-state index is 12.5. The Morgan fingerprint density at radius 3 is 2.66 bits per heavy atom. The average Bonchev–Trinajstić information content (AvgIpc) is 3.06. The van der Waals surface area contributed by atoms with Gasteiger partial charge in [0.2, 0.25) is 11.8 Å². The summed E-state index contributed by atoms with van der Waals surface area (Å²) in [6.07, 6.45) is 3.13. The van der Waals surface area contributed by atoms with Crippen LogP contribution >= 0.6 is 11.8 Å². The molecule has 8 heteroatoms. The van der Waals surface area contributed by atoms with Gasteiger partial charge in [0.05, 0.1) is 12.2 Å². The lowest BCUT2D eigenvalue weighted by molar-refractivity contribution is -0.129. The summed E-state index contributed by atoms with van der Waals surface area (Å²) in [5.41, 5.74) is 1.93. The summed E-state index contributed by atoms with van der Waals surface area (Å²) in [5.74, 6) is 1.63. The molecule has 156 valence electrons. The van der Waals surface area contributed by atoms with Crippen molar-refractivity contribution >= 4 is 29.3 Å². The third-order valence-electron chi connectivity index (χ3n) is 5.38. The van der Waals surface area contributed by atoms with Crippen LogP contribution in [0, 0.1) is 5.92 Å².